The lowest BCUT2D eigenvalue weighted by molar-refractivity contribution is -0.128. The van der Waals surface area contributed by atoms with Crippen LogP contribution in [-0.2, 0) is 10.2 Å². The molecule has 0 radical (unpaired) electrons. The summed E-state index contributed by atoms with van der Waals surface area (Å²) in [6, 6.07) is 4.32. The summed E-state index contributed by atoms with van der Waals surface area (Å²) in [5.41, 5.74) is 5.82. The Morgan fingerprint density at radius 3 is 2.67 bits per heavy atom. The molecule has 2 aliphatic carbocycles. The molecular weight excluding hydrogens is 304 g/mol. The zero-order valence-electron chi connectivity index (χ0n) is 12.3. The van der Waals surface area contributed by atoms with Crippen LogP contribution in [0.15, 0.2) is 17.5 Å². The van der Waals surface area contributed by atoms with E-state index in [1.165, 1.54) is 24.1 Å². The molecular formula is C16H25ClN2OS. The highest BCUT2D eigenvalue weighted by Gasteiger charge is 2.42. The Morgan fingerprint density at radius 2 is 2.10 bits per heavy atom. The fraction of sp³-hybridized carbons (Fsp3) is 0.688. The van der Waals surface area contributed by atoms with E-state index < -0.39 is 0 Å². The van der Waals surface area contributed by atoms with Crippen LogP contribution in [0, 0.1) is 5.92 Å². The summed E-state index contributed by atoms with van der Waals surface area (Å²) in [6.45, 7) is 0.636. The van der Waals surface area contributed by atoms with Gasteiger partial charge in [-0.05, 0) is 43.0 Å². The second-order valence-electron chi connectivity index (χ2n) is 6.33. The number of amides is 1. The quantitative estimate of drug-likeness (QED) is 0.872. The molecule has 1 aromatic heterocycles. The van der Waals surface area contributed by atoms with E-state index in [-0.39, 0.29) is 29.8 Å². The largest absolute Gasteiger partial charge is 0.354 e. The fourth-order valence-corrected chi connectivity index (χ4v) is 4.35. The molecule has 5 heteroatoms. The number of halogens is 1. The first-order valence-electron chi connectivity index (χ1n) is 7.80. The van der Waals surface area contributed by atoms with Crippen molar-refractivity contribution in [2.24, 2.45) is 11.7 Å². The minimum Gasteiger partial charge on any atom is -0.354 e. The first-order valence-corrected chi connectivity index (χ1v) is 8.68. The lowest BCUT2D eigenvalue weighted by Crippen LogP contribution is -2.49. The lowest BCUT2D eigenvalue weighted by Gasteiger charge is -2.35. The van der Waals surface area contributed by atoms with E-state index in [1.54, 1.807) is 11.3 Å². The van der Waals surface area contributed by atoms with Crippen LogP contribution in [0.4, 0.5) is 0 Å². The van der Waals surface area contributed by atoms with E-state index in [9.17, 15) is 4.79 Å². The van der Waals surface area contributed by atoms with Gasteiger partial charge in [0.05, 0.1) is 5.41 Å². The smallest absolute Gasteiger partial charge is 0.231 e. The number of rotatable bonds is 5. The third kappa shape index (κ3) is 3.61. The molecule has 0 aromatic carbocycles. The van der Waals surface area contributed by atoms with Crippen molar-refractivity contribution in [3.8, 4) is 0 Å². The maximum Gasteiger partial charge on any atom is 0.231 e. The van der Waals surface area contributed by atoms with Crippen LogP contribution in [0.2, 0.25) is 0 Å². The second-order valence-corrected chi connectivity index (χ2v) is 7.28. The van der Waals surface area contributed by atoms with E-state index in [0.717, 1.165) is 25.7 Å². The minimum absolute atomic E-state index is 0. The van der Waals surface area contributed by atoms with E-state index in [1.807, 2.05) is 0 Å². The highest BCUT2D eigenvalue weighted by molar-refractivity contribution is 7.10. The Bertz CT molecular complexity index is 453. The summed E-state index contributed by atoms with van der Waals surface area (Å²) in [7, 11) is 0. The minimum atomic E-state index is -0.282. The number of nitrogens with one attached hydrogen (secondary N) is 1. The van der Waals surface area contributed by atoms with Crippen LogP contribution in [-0.4, -0.2) is 18.5 Å². The summed E-state index contributed by atoms with van der Waals surface area (Å²) in [6.07, 6.45) is 7.98. The van der Waals surface area contributed by atoms with E-state index in [4.69, 9.17) is 5.73 Å². The van der Waals surface area contributed by atoms with Gasteiger partial charge in [0.25, 0.3) is 0 Å². The van der Waals surface area contributed by atoms with Crippen LogP contribution in [0.1, 0.15) is 49.8 Å². The first-order chi connectivity index (χ1) is 9.72. The van der Waals surface area contributed by atoms with Crippen molar-refractivity contribution in [2.45, 2.75) is 56.4 Å². The molecule has 1 unspecified atom stereocenters. The van der Waals surface area contributed by atoms with Gasteiger partial charge in [0.15, 0.2) is 0 Å². The van der Waals surface area contributed by atoms with Gasteiger partial charge >= 0.3 is 0 Å². The van der Waals surface area contributed by atoms with Gasteiger partial charge in [-0.2, -0.15) is 0 Å². The average molecular weight is 329 g/mol. The Hall–Kier alpha value is -0.580. The van der Waals surface area contributed by atoms with Gasteiger partial charge in [-0.25, -0.2) is 0 Å². The molecule has 2 fully saturated rings. The monoisotopic (exact) mass is 328 g/mol. The molecule has 3 rings (SSSR count). The highest BCUT2D eigenvalue weighted by atomic mass is 35.5. The van der Waals surface area contributed by atoms with Gasteiger partial charge in [0.2, 0.25) is 5.91 Å². The number of carbonyl (C=O) groups excluding carboxylic acids is 1. The molecule has 1 amide bonds. The summed E-state index contributed by atoms with van der Waals surface area (Å²) in [5, 5.41) is 5.22. The predicted octanol–water partition coefficient (Wildman–Crippen LogP) is 3.23. The molecule has 1 atom stereocenters. The zero-order valence-corrected chi connectivity index (χ0v) is 14.0. The van der Waals surface area contributed by atoms with Crippen LogP contribution in [0.3, 0.4) is 0 Å². The first kappa shape index (κ1) is 16.8. The van der Waals surface area contributed by atoms with Crippen LogP contribution < -0.4 is 11.1 Å². The third-order valence-electron chi connectivity index (χ3n) is 4.86. The summed E-state index contributed by atoms with van der Waals surface area (Å²) in [5.74, 6) is 0.843. The number of hydrogen-bond donors (Lipinski definition) is 2. The second kappa shape index (κ2) is 7.12. The van der Waals surface area contributed by atoms with Crippen LogP contribution >= 0.6 is 23.7 Å². The molecule has 1 aromatic rings. The molecule has 2 saturated carbocycles. The van der Waals surface area contributed by atoms with E-state index >= 15 is 0 Å². The van der Waals surface area contributed by atoms with Crippen molar-refractivity contribution in [2.75, 3.05) is 6.54 Å². The van der Waals surface area contributed by atoms with E-state index in [2.05, 4.69) is 22.8 Å². The normalized spacial score (nSPS) is 22.1. The molecule has 118 valence electrons. The van der Waals surface area contributed by atoms with Gasteiger partial charge < -0.3 is 11.1 Å². The molecule has 2 aliphatic rings. The molecule has 0 aliphatic heterocycles. The number of carbonyl (C=O) groups is 1. The zero-order chi connectivity index (χ0) is 14.0. The van der Waals surface area contributed by atoms with Crippen molar-refractivity contribution in [3.05, 3.63) is 22.4 Å². The van der Waals surface area contributed by atoms with Crippen molar-refractivity contribution < 1.29 is 4.79 Å². The van der Waals surface area contributed by atoms with E-state index in [0.29, 0.717) is 12.5 Å². The molecule has 21 heavy (non-hydrogen) atoms. The Morgan fingerprint density at radius 1 is 1.38 bits per heavy atom. The molecule has 0 bridgehead atoms. The summed E-state index contributed by atoms with van der Waals surface area (Å²) < 4.78 is 0. The highest BCUT2D eigenvalue weighted by Crippen LogP contribution is 2.41. The number of hydrogen-bond acceptors (Lipinski definition) is 3. The maximum absolute atomic E-state index is 12.8. The lowest BCUT2D eigenvalue weighted by atomic mass is 9.72. The SMILES string of the molecule is Cl.NC(CNC(=O)C1(c2cccs2)CCCCC1)C1CC1. The molecule has 3 N–H and O–H groups in total. The molecule has 0 spiro atoms. The van der Waals surface area contributed by atoms with Crippen molar-refractivity contribution >= 4 is 29.7 Å². The van der Waals surface area contributed by atoms with Crippen LogP contribution in [0.5, 0.6) is 0 Å². The number of nitrogens with two attached hydrogens (primary N) is 1. The van der Waals surface area contributed by atoms with Crippen LogP contribution in [0.25, 0.3) is 0 Å². The van der Waals surface area contributed by atoms with Gasteiger partial charge in [-0.15, -0.1) is 23.7 Å². The number of thiophene rings is 1. The average Bonchev–Trinajstić information content (AvgIpc) is 3.19. The van der Waals surface area contributed by atoms with Gasteiger partial charge in [0.1, 0.15) is 0 Å². The Balaban J connectivity index is 0.00000161. The van der Waals surface area contributed by atoms with Crippen molar-refractivity contribution in [1.29, 1.82) is 0 Å². The van der Waals surface area contributed by atoms with Crippen molar-refractivity contribution in [1.82, 2.24) is 5.32 Å². The maximum atomic E-state index is 12.8. The molecule has 1 heterocycles. The summed E-state index contributed by atoms with van der Waals surface area (Å²) in [4.78, 5) is 14.0. The topological polar surface area (TPSA) is 55.1 Å². The summed E-state index contributed by atoms with van der Waals surface area (Å²) >= 11 is 1.72. The van der Waals surface area contributed by atoms with Crippen molar-refractivity contribution in [3.63, 3.8) is 0 Å². The predicted molar refractivity (Wildman–Crippen MR) is 90.0 cm³/mol. The standard InChI is InChI=1S/C16H24N2OS.ClH/c17-13(12-6-7-12)11-18-15(19)16(8-2-1-3-9-16)14-5-4-10-20-14;/h4-5,10,12-13H,1-3,6-9,11,17H2,(H,18,19);1H. The third-order valence-corrected chi connectivity index (χ3v) is 5.93. The van der Waals surface area contributed by atoms with Gasteiger partial charge in [-0.1, -0.05) is 25.3 Å². The van der Waals surface area contributed by atoms with Gasteiger partial charge in [0, 0.05) is 17.5 Å². The molecule has 3 nitrogen and oxygen atoms in total. The fourth-order valence-electron chi connectivity index (χ4n) is 3.36. The Kier molecular flexibility index (Phi) is 5.69. The van der Waals surface area contributed by atoms with Gasteiger partial charge in [-0.3, -0.25) is 4.79 Å². The Labute approximate surface area is 137 Å². The molecule has 0 saturated heterocycles.